The number of hydrogen-bond donors (Lipinski definition) is 1. The van der Waals surface area contributed by atoms with Gasteiger partial charge >= 0.3 is 0 Å². The Hall–Kier alpha value is -2.69. The zero-order chi connectivity index (χ0) is 17.2. The van der Waals surface area contributed by atoms with Crippen molar-refractivity contribution in [2.75, 3.05) is 5.32 Å². The fourth-order valence-corrected chi connectivity index (χ4v) is 3.60. The number of aromatic nitrogens is 1. The molecule has 25 heavy (non-hydrogen) atoms. The van der Waals surface area contributed by atoms with Crippen LogP contribution in [-0.2, 0) is 0 Å². The molecule has 0 aliphatic rings. The van der Waals surface area contributed by atoms with Gasteiger partial charge in [0.05, 0.1) is 5.69 Å². The summed E-state index contributed by atoms with van der Waals surface area (Å²) in [5.41, 5.74) is 2.41. The molecule has 5 heteroatoms. The predicted molar refractivity (Wildman–Crippen MR) is 104 cm³/mol. The van der Waals surface area contributed by atoms with E-state index in [0.29, 0.717) is 15.7 Å². The van der Waals surface area contributed by atoms with E-state index in [9.17, 15) is 4.79 Å². The molecule has 3 aromatic carbocycles. The zero-order valence-electron chi connectivity index (χ0n) is 13.1. The van der Waals surface area contributed by atoms with Gasteiger partial charge in [-0.05, 0) is 29.0 Å². The highest BCUT2D eigenvalue weighted by Gasteiger charge is 2.11. The van der Waals surface area contributed by atoms with E-state index < -0.39 is 0 Å². The molecule has 4 rings (SSSR count). The minimum absolute atomic E-state index is 0.221. The van der Waals surface area contributed by atoms with Crippen LogP contribution < -0.4 is 5.32 Å². The lowest BCUT2D eigenvalue weighted by Crippen LogP contribution is -2.11. The van der Waals surface area contributed by atoms with E-state index in [-0.39, 0.29) is 5.91 Å². The molecule has 1 amide bonds. The number of nitrogens with one attached hydrogen (secondary N) is 1. The van der Waals surface area contributed by atoms with Crippen molar-refractivity contribution in [3.63, 3.8) is 0 Å². The summed E-state index contributed by atoms with van der Waals surface area (Å²) >= 11 is 7.34. The first kappa shape index (κ1) is 15.8. The second-order valence-corrected chi connectivity index (χ2v) is 6.82. The molecular weight excluding hydrogens is 352 g/mol. The Bertz CT molecular complexity index is 1070. The molecular formula is C20H13ClN2OS. The van der Waals surface area contributed by atoms with Crippen LogP contribution in [0.25, 0.3) is 22.0 Å². The molecule has 1 N–H and O–H groups in total. The van der Waals surface area contributed by atoms with E-state index in [2.05, 4.69) is 28.5 Å². The molecule has 0 radical (unpaired) electrons. The molecule has 122 valence electrons. The summed E-state index contributed by atoms with van der Waals surface area (Å²) in [5.74, 6) is -0.221. The van der Waals surface area contributed by atoms with Gasteiger partial charge < -0.3 is 0 Å². The van der Waals surface area contributed by atoms with E-state index in [1.165, 1.54) is 11.3 Å². The van der Waals surface area contributed by atoms with Crippen molar-refractivity contribution in [2.45, 2.75) is 0 Å². The van der Waals surface area contributed by atoms with E-state index >= 15 is 0 Å². The molecule has 0 aliphatic heterocycles. The van der Waals surface area contributed by atoms with Gasteiger partial charge in [0.15, 0.2) is 5.13 Å². The van der Waals surface area contributed by atoms with Gasteiger partial charge in [0.2, 0.25) is 0 Å². The molecule has 3 nitrogen and oxygen atoms in total. The number of carbonyl (C=O) groups excluding carboxylic acids is 1. The standard InChI is InChI=1S/C20H13ClN2OS/c21-15-8-3-7-14(11-15)19(24)23-20-22-18(12-25-20)17-10-4-6-13-5-1-2-9-16(13)17/h1-12H,(H,22,23,24). The maximum absolute atomic E-state index is 12.3. The van der Waals surface area contributed by atoms with Gasteiger partial charge in [-0.3, -0.25) is 10.1 Å². The number of thiazole rings is 1. The Labute approximate surface area is 153 Å². The van der Waals surface area contributed by atoms with Gasteiger partial charge in [-0.1, -0.05) is 60.1 Å². The quantitative estimate of drug-likeness (QED) is 0.494. The largest absolute Gasteiger partial charge is 0.298 e. The number of benzene rings is 3. The van der Waals surface area contributed by atoms with Crippen LogP contribution in [0.2, 0.25) is 5.02 Å². The average molecular weight is 365 g/mol. The summed E-state index contributed by atoms with van der Waals surface area (Å²) in [4.78, 5) is 16.9. The third kappa shape index (κ3) is 3.27. The number of halogens is 1. The van der Waals surface area contributed by atoms with Gasteiger partial charge in [0.25, 0.3) is 5.91 Å². The summed E-state index contributed by atoms with van der Waals surface area (Å²) < 4.78 is 0. The maximum atomic E-state index is 12.3. The van der Waals surface area contributed by atoms with E-state index in [4.69, 9.17) is 11.6 Å². The van der Waals surface area contributed by atoms with Crippen LogP contribution in [0, 0.1) is 0 Å². The first-order valence-electron chi connectivity index (χ1n) is 7.71. The second kappa shape index (κ2) is 6.67. The fraction of sp³-hybridized carbons (Fsp3) is 0. The number of nitrogens with zero attached hydrogens (tertiary/aromatic N) is 1. The van der Waals surface area contributed by atoms with Gasteiger partial charge in [-0.25, -0.2) is 4.98 Å². The van der Waals surface area contributed by atoms with Crippen molar-refractivity contribution in [1.82, 2.24) is 4.98 Å². The Balaban J connectivity index is 1.63. The first-order chi connectivity index (χ1) is 12.2. The summed E-state index contributed by atoms with van der Waals surface area (Å²) in [7, 11) is 0. The van der Waals surface area contributed by atoms with Crippen molar-refractivity contribution in [3.05, 3.63) is 82.7 Å². The lowest BCUT2D eigenvalue weighted by atomic mass is 10.0. The van der Waals surface area contributed by atoms with Gasteiger partial charge in [-0.15, -0.1) is 11.3 Å². The number of amides is 1. The zero-order valence-corrected chi connectivity index (χ0v) is 14.6. The summed E-state index contributed by atoms with van der Waals surface area (Å²) in [6.45, 7) is 0. The molecule has 0 aliphatic carbocycles. The number of anilines is 1. The van der Waals surface area contributed by atoms with Gasteiger partial charge in [0, 0.05) is 21.5 Å². The third-order valence-electron chi connectivity index (χ3n) is 3.88. The SMILES string of the molecule is O=C(Nc1nc(-c2cccc3ccccc23)cs1)c1cccc(Cl)c1. The maximum Gasteiger partial charge on any atom is 0.257 e. The molecule has 1 heterocycles. The van der Waals surface area contributed by atoms with E-state index in [1.54, 1.807) is 24.3 Å². The molecule has 0 saturated heterocycles. The van der Waals surface area contributed by atoms with Crippen LogP contribution in [-0.4, -0.2) is 10.9 Å². The highest BCUT2D eigenvalue weighted by molar-refractivity contribution is 7.14. The highest BCUT2D eigenvalue weighted by atomic mass is 35.5. The highest BCUT2D eigenvalue weighted by Crippen LogP contribution is 2.31. The molecule has 4 aromatic rings. The Morgan fingerprint density at radius 1 is 1.00 bits per heavy atom. The van der Waals surface area contributed by atoms with Crippen LogP contribution in [0.15, 0.2) is 72.1 Å². The molecule has 0 fully saturated rings. The number of fused-ring (bicyclic) bond motifs is 1. The van der Waals surface area contributed by atoms with Crippen LogP contribution in [0.5, 0.6) is 0 Å². The van der Waals surface area contributed by atoms with Crippen LogP contribution in [0.3, 0.4) is 0 Å². The normalized spacial score (nSPS) is 10.8. The van der Waals surface area contributed by atoms with Crippen molar-refractivity contribution in [3.8, 4) is 11.3 Å². The van der Waals surface area contributed by atoms with Crippen LogP contribution in [0.4, 0.5) is 5.13 Å². The smallest absolute Gasteiger partial charge is 0.257 e. The number of carbonyl (C=O) groups is 1. The Morgan fingerprint density at radius 3 is 2.68 bits per heavy atom. The van der Waals surface area contributed by atoms with Crippen LogP contribution in [0.1, 0.15) is 10.4 Å². The number of hydrogen-bond acceptors (Lipinski definition) is 3. The lowest BCUT2D eigenvalue weighted by Gasteiger charge is -2.04. The van der Waals surface area contributed by atoms with Crippen molar-refractivity contribution >= 4 is 44.7 Å². The molecule has 0 bridgehead atoms. The molecule has 0 atom stereocenters. The molecule has 1 aromatic heterocycles. The van der Waals surface area contributed by atoms with Crippen molar-refractivity contribution in [1.29, 1.82) is 0 Å². The fourth-order valence-electron chi connectivity index (χ4n) is 2.70. The van der Waals surface area contributed by atoms with Crippen molar-refractivity contribution in [2.24, 2.45) is 0 Å². The minimum atomic E-state index is -0.221. The van der Waals surface area contributed by atoms with E-state index in [0.717, 1.165) is 22.0 Å². The molecule has 0 unspecified atom stereocenters. The summed E-state index contributed by atoms with van der Waals surface area (Å²) in [6, 6.07) is 21.2. The average Bonchev–Trinajstić information content (AvgIpc) is 3.09. The molecule has 0 saturated carbocycles. The van der Waals surface area contributed by atoms with Crippen molar-refractivity contribution < 1.29 is 4.79 Å². The molecule has 0 spiro atoms. The topological polar surface area (TPSA) is 42.0 Å². The summed E-state index contributed by atoms with van der Waals surface area (Å²) in [5, 5.41) is 8.19. The second-order valence-electron chi connectivity index (χ2n) is 5.53. The monoisotopic (exact) mass is 364 g/mol. The third-order valence-corrected chi connectivity index (χ3v) is 4.87. The first-order valence-corrected chi connectivity index (χ1v) is 8.97. The predicted octanol–water partition coefficient (Wildman–Crippen LogP) is 5.87. The minimum Gasteiger partial charge on any atom is -0.298 e. The van der Waals surface area contributed by atoms with Gasteiger partial charge in [-0.2, -0.15) is 0 Å². The Morgan fingerprint density at radius 2 is 1.80 bits per heavy atom. The van der Waals surface area contributed by atoms with E-state index in [1.807, 2.05) is 29.6 Å². The lowest BCUT2D eigenvalue weighted by molar-refractivity contribution is 0.102. The van der Waals surface area contributed by atoms with Crippen LogP contribution >= 0.6 is 22.9 Å². The number of rotatable bonds is 3. The Kier molecular flexibility index (Phi) is 4.22. The summed E-state index contributed by atoms with van der Waals surface area (Å²) in [6.07, 6.45) is 0. The van der Waals surface area contributed by atoms with Gasteiger partial charge in [0.1, 0.15) is 0 Å².